The maximum Gasteiger partial charge on any atom is 0.318 e. The van der Waals surface area contributed by atoms with Crippen LogP contribution in [0.25, 0.3) is 0 Å². The van der Waals surface area contributed by atoms with E-state index in [2.05, 4.69) is 15.6 Å². The van der Waals surface area contributed by atoms with Crippen molar-refractivity contribution in [2.75, 3.05) is 12.4 Å². The fourth-order valence-corrected chi connectivity index (χ4v) is 1.34. The fourth-order valence-electron chi connectivity index (χ4n) is 1.34. The van der Waals surface area contributed by atoms with Gasteiger partial charge in [0.15, 0.2) is 0 Å². The van der Waals surface area contributed by atoms with E-state index in [0.717, 1.165) is 11.3 Å². The first-order valence-corrected chi connectivity index (χ1v) is 4.90. The number of halogens is 1. The number of primary amides is 1. The van der Waals surface area contributed by atoms with Crippen LogP contribution in [0.5, 0.6) is 0 Å². The van der Waals surface area contributed by atoms with Gasteiger partial charge in [-0.2, -0.15) is 0 Å². The van der Waals surface area contributed by atoms with Crippen molar-refractivity contribution >= 4 is 30.1 Å². The Morgan fingerprint density at radius 1 is 1.35 bits per heavy atom. The Bertz CT molecular complexity index is 431. The summed E-state index contributed by atoms with van der Waals surface area (Å²) in [6, 6.07) is 5.31. The molecule has 6 heteroatoms. The minimum Gasteiger partial charge on any atom is -0.351 e. The van der Waals surface area contributed by atoms with Gasteiger partial charge in [0.05, 0.1) is 0 Å². The average Bonchev–Trinajstić information content (AvgIpc) is 2.20. The molecule has 0 aromatic heterocycles. The molecule has 5 nitrogen and oxygen atoms in total. The molecule has 0 heterocycles. The van der Waals surface area contributed by atoms with E-state index in [1.54, 1.807) is 7.05 Å². The van der Waals surface area contributed by atoms with Crippen LogP contribution in [-0.4, -0.2) is 19.0 Å². The summed E-state index contributed by atoms with van der Waals surface area (Å²) < 4.78 is 0. The molecule has 17 heavy (non-hydrogen) atoms. The Morgan fingerprint density at radius 2 is 2.00 bits per heavy atom. The Morgan fingerprint density at radius 3 is 2.47 bits per heavy atom. The number of hydrogen-bond acceptors (Lipinski definition) is 2. The molecular weight excluding hydrogens is 240 g/mol. The van der Waals surface area contributed by atoms with Crippen LogP contribution in [0.2, 0.25) is 0 Å². The van der Waals surface area contributed by atoms with E-state index in [0.29, 0.717) is 5.96 Å². The van der Waals surface area contributed by atoms with Crippen LogP contribution >= 0.6 is 12.4 Å². The van der Waals surface area contributed by atoms with Crippen molar-refractivity contribution < 1.29 is 4.79 Å². The van der Waals surface area contributed by atoms with Crippen molar-refractivity contribution in [2.24, 2.45) is 10.7 Å². The van der Waals surface area contributed by atoms with Gasteiger partial charge in [-0.15, -0.1) is 12.4 Å². The number of amides is 2. The summed E-state index contributed by atoms with van der Waals surface area (Å²) >= 11 is 0. The number of rotatable bonds is 1. The third-order valence-corrected chi connectivity index (χ3v) is 2.10. The van der Waals surface area contributed by atoms with Crippen molar-refractivity contribution in [3.63, 3.8) is 0 Å². The molecule has 0 saturated heterocycles. The van der Waals surface area contributed by atoms with E-state index >= 15 is 0 Å². The summed E-state index contributed by atoms with van der Waals surface area (Å²) in [4.78, 5) is 14.6. The van der Waals surface area contributed by atoms with Gasteiger partial charge in [-0.1, -0.05) is 17.7 Å². The van der Waals surface area contributed by atoms with E-state index in [1.807, 2.05) is 32.0 Å². The van der Waals surface area contributed by atoms with Gasteiger partial charge in [0.2, 0.25) is 5.96 Å². The molecule has 0 bridgehead atoms. The topological polar surface area (TPSA) is 79.5 Å². The first kappa shape index (κ1) is 15.2. The monoisotopic (exact) mass is 256 g/mol. The highest BCUT2D eigenvalue weighted by Crippen LogP contribution is 2.15. The van der Waals surface area contributed by atoms with Crippen molar-refractivity contribution in [1.82, 2.24) is 5.32 Å². The summed E-state index contributed by atoms with van der Waals surface area (Å²) in [5.74, 6) is 0.333. The highest BCUT2D eigenvalue weighted by Gasteiger charge is 2.03. The zero-order chi connectivity index (χ0) is 12.1. The number of aryl methyl sites for hydroxylation is 2. The van der Waals surface area contributed by atoms with Crippen LogP contribution in [0, 0.1) is 13.8 Å². The van der Waals surface area contributed by atoms with E-state index < -0.39 is 6.03 Å². The molecule has 0 saturated carbocycles. The summed E-state index contributed by atoms with van der Waals surface area (Å²) in [5, 5.41) is 5.39. The van der Waals surface area contributed by atoms with Gasteiger partial charge in [0.25, 0.3) is 0 Å². The smallest absolute Gasteiger partial charge is 0.318 e. The summed E-state index contributed by atoms with van der Waals surface area (Å²) in [5.41, 5.74) is 8.16. The number of hydrogen-bond donors (Lipinski definition) is 3. The molecule has 0 aliphatic heterocycles. The Labute approximate surface area is 107 Å². The number of guanidine groups is 1. The predicted molar refractivity (Wildman–Crippen MR) is 72.9 cm³/mol. The maximum absolute atomic E-state index is 10.7. The molecule has 0 radical (unpaired) electrons. The lowest BCUT2D eigenvalue weighted by atomic mass is 10.1. The summed E-state index contributed by atoms with van der Waals surface area (Å²) in [6.45, 7) is 4.00. The van der Waals surface area contributed by atoms with Crippen molar-refractivity contribution in [3.05, 3.63) is 29.3 Å². The number of benzene rings is 1. The highest BCUT2D eigenvalue weighted by molar-refractivity contribution is 6.03. The van der Waals surface area contributed by atoms with E-state index in [4.69, 9.17) is 5.73 Å². The van der Waals surface area contributed by atoms with Gasteiger partial charge in [0.1, 0.15) is 0 Å². The van der Waals surface area contributed by atoms with Crippen LogP contribution in [0.15, 0.2) is 23.2 Å². The van der Waals surface area contributed by atoms with Gasteiger partial charge in [-0.25, -0.2) is 4.79 Å². The Hall–Kier alpha value is -1.75. The third-order valence-electron chi connectivity index (χ3n) is 2.10. The molecule has 1 aromatic rings. The molecule has 94 valence electrons. The number of anilines is 1. The molecule has 0 atom stereocenters. The van der Waals surface area contributed by atoms with Gasteiger partial charge in [-0.05, 0) is 25.5 Å². The van der Waals surface area contributed by atoms with Gasteiger partial charge in [-0.3, -0.25) is 10.3 Å². The quantitative estimate of drug-likeness (QED) is 0.529. The van der Waals surface area contributed by atoms with Crippen LogP contribution in [0.4, 0.5) is 10.5 Å². The highest BCUT2D eigenvalue weighted by atomic mass is 35.5. The molecule has 0 unspecified atom stereocenters. The lowest BCUT2D eigenvalue weighted by Crippen LogP contribution is -2.39. The number of nitrogens with one attached hydrogen (secondary N) is 2. The van der Waals surface area contributed by atoms with Gasteiger partial charge >= 0.3 is 6.03 Å². The molecule has 4 N–H and O–H groups in total. The van der Waals surface area contributed by atoms with E-state index in [9.17, 15) is 4.79 Å². The largest absolute Gasteiger partial charge is 0.351 e. The standard InChI is InChI=1S/C11H16N4O.ClH/c1-7-4-5-9(8(2)6-7)14-11(13-3)15-10(12)16;/h4-6H,1-3H3,(H4,12,13,14,15,16);1H. The van der Waals surface area contributed by atoms with E-state index in [-0.39, 0.29) is 12.4 Å². The summed E-state index contributed by atoms with van der Waals surface area (Å²) in [7, 11) is 1.57. The third kappa shape index (κ3) is 4.74. The lowest BCUT2D eigenvalue weighted by Gasteiger charge is -2.11. The first-order valence-electron chi connectivity index (χ1n) is 4.90. The number of aliphatic imine (C=N–C) groups is 1. The number of carbonyl (C=O) groups is 1. The van der Waals surface area contributed by atoms with Crippen LogP contribution in [-0.2, 0) is 0 Å². The minimum atomic E-state index is -0.641. The maximum atomic E-state index is 10.7. The number of nitrogens with two attached hydrogens (primary N) is 1. The summed E-state index contributed by atoms with van der Waals surface area (Å²) in [6.07, 6.45) is 0. The second-order valence-electron chi connectivity index (χ2n) is 3.50. The molecule has 0 aliphatic rings. The zero-order valence-electron chi connectivity index (χ0n) is 10.1. The van der Waals surface area contributed by atoms with Crippen molar-refractivity contribution in [2.45, 2.75) is 13.8 Å². The van der Waals surface area contributed by atoms with Crippen LogP contribution < -0.4 is 16.4 Å². The second kappa shape index (κ2) is 6.75. The molecule has 0 aliphatic carbocycles. The minimum absolute atomic E-state index is 0. The zero-order valence-corrected chi connectivity index (χ0v) is 10.9. The lowest BCUT2D eigenvalue weighted by molar-refractivity contribution is 0.253. The molecule has 1 aromatic carbocycles. The average molecular weight is 257 g/mol. The number of urea groups is 1. The van der Waals surface area contributed by atoms with Crippen LogP contribution in [0.3, 0.4) is 0 Å². The number of nitrogens with zero attached hydrogens (tertiary/aromatic N) is 1. The fraction of sp³-hybridized carbons (Fsp3) is 0.273. The van der Waals surface area contributed by atoms with Crippen molar-refractivity contribution in [1.29, 1.82) is 0 Å². The SMILES string of the molecule is CN=C(NC(N)=O)Nc1ccc(C)cc1C.Cl. The second-order valence-corrected chi connectivity index (χ2v) is 3.50. The van der Waals surface area contributed by atoms with Crippen LogP contribution in [0.1, 0.15) is 11.1 Å². The number of carbonyl (C=O) groups excluding carboxylic acids is 1. The van der Waals surface area contributed by atoms with Crippen molar-refractivity contribution in [3.8, 4) is 0 Å². The Balaban J connectivity index is 0.00000256. The predicted octanol–water partition coefficient (Wildman–Crippen LogP) is 1.79. The van der Waals surface area contributed by atoms with E-state index in [1.165, 1.54) is 5.56 Å². The Kier molecular flexibility index (Phi) is 6.06. The molecule has 1 rings (SSSR count). The normalized spacial score (nSPS) is 10.4. The van der Waals surface area contributed by atoms with Gasteiger partial charge < -0.3 is 11.1 Å². The molecule has 0 fully saturated rings. The van der Waals surface area contributed by atoms with Gasteiger partial charge in [0, 0.05) is 12.7 Å². The molecule has 2 amide bonds. The first-order chi connectivity index (χ1) is 7.52. The molecular formula is C11H17ClN4O. The molecule has 0 spiro atoms.